The number of phenolic OH excluding ortho intramolecular Hbond substituents is 1. The van der Waals surface area contributed by atoms with Gasteiger partial charge in [0.2, 0.25) is 0 Å². The van der Waals surface area contributed by atoms with Gasteiger partial charge in [-0.05, 0) is 42.7 Å². The molecule has 0 saturated carbocycles. The molecule has 3 nitrogen and oxygen atoms in total. The van der Waals surface area contributed by atoms with Crippen LogP contribution in [0.3, 0.4) is 0 Å². The average molecular weight is 271 g/mol. The second-order valence-electron chi connectivity index (χ2n) is 5.04. The van der Waals surface area contributed by atoms with Crippen LogP contribution >= 0.6 is 0 Å². The van der Waals surface area contributed by atoms with Gasteiger partial charge in [0, 0.05) is 17.8 Å². The maximum absolute atomic E-state index is 11.2. The summed E-state index contributed by atoms with van der Waals surface area (Å²) in [5.41, 5.74) is 0.735. The molecule has 1 aromatic heterocycles. The van der Waals surface area contributed by atoms with Crippen LogP contribution in [0.25, 0.3) is 0 Å². The smallest absolute Gasteiger partial charge is 0.115 e. The minimum Gasteiger partial charge on any atom is -0.508 e. The molecule has 0 fully saturated rings. The summed E-state index contributed by atoms with van der Waals surface area (Å²) in [6, 6.07) is 12.6. The molecule has 2 N–H and O–H groups in total. The SMILES string of the molecule is CC[C@H](c1ccccn1)[C@](O)(CC)c1ccc(O)cc1. The van der Waals surface area contributed by atoms with E-state index in [9.17, 15) is 10.2 Å². The van der Waals surface area contributed by atoms with E-state index in [1.807, 2.05) is 25.1 Å². The maximum Gasteiger partial charge on any atom is 0.115 e. The first kappa shape index (κ1) is 14.5. The van der Waals surface area contributed by atoms with Gasteiger partial charge in [0.25, 0.3) is 0 Å². The second kappa shape index (κ2) is 6.06. The van der Waals surface area contributed by atoms with Crippen molar-refractivity contribution in [2.75, 3.05) is 0 Å². The fraction of sp³-hybridized carbons (Fsp3) is 0.353. The summed E-state index contributed by atoms with van der Waals surface area (Å²) in [6.07, 6.45) is 3.14. The third-order valence-electron chi connectivity index (χ3n) is 3.94. The summed E-state index contributed by atoms with van der Waals surface area (Å²) < 4.78 is 0. The summed E-state index contributed by atoms with van der Waals surface area (Å²) in [7, 11) is 0. The number of nitrogens with zero attached hydrogens (tertiary/aromatic N) is 1. The number of benzene rings is 1. The van der Waals surface area contributed by atoms with Crippen LogP contribution in [0.1, 0.15) is 43.9 Å². The highest BCUT2D eigenvalue weighted by Crippen LogP contribution is 2.41. The molecule has 0 aliphatic rings. The molecule has 3 heteroatoms. The molecule has 20 heavy (non-hydrogen) atoms. The molecule has 2 rings (SSSR count). The van der Waals surface area contributed by atoms with Crippen LogP contribution in [0.4, 0.5) is 0 Å². The van der Waals surface area contributed by atoms with Gasteiger partial charge in [0.15, 0.2) is 0 Å². The van der Waals surface area contributed by atoms with Gasteiger partial charge >= 0.3 is 0 Å². The van der Waals surface area contributed by atoms with Crippen molar-refractivity contribution in [1.82, 2.24) is 4.98 Å². The Morgan fingerprint density at radius 1 is 1.10 bits per heavy atom. The van der Waals surface area contributed by atoms with E-state index in [4.69, 9.17) is 0 Å². The molecule has 106 valence electrons. The van der Waals surface area contributed by atoms with Crippen LogP contribution in [0.2, 0.25) is 0 Å². The molecule has 0 amide bonds. The zero-order valence-corrected chi connectivity index (χ0v) is 12.0. The molecule has 0 bridgehead atoms. The van der Waals surface area contributed by atoms with E-state index >= 15 is 0 Å². The predicted molar refractivity (Wildman–Crippen MR) is 79.6 cm³/mol. The first-order chi connectivity index (χ1) is 9.61. The fourth-order valence-electron chi connectivity index (χ4n) is 2.78. The monoisotopic (exact) mass is 271 g/mol. The molecule has 2 atom stereocenters. The van der Waals surface area contributed by atoms with Crippen molar-refractivity contribution in [3.05, 3.63) is 59.9 Å². The number of aromatic hydroxyl groups is 1. The predicted octanol–water partition coefficient (Wildman–Crippen LogP) is 3.58. The Kier molecular flexibility index (Phi) is 4.40. The highest BCUT2D eigenvalue weighted by Gasteiger charge is 2.37. The standard InChI is InChI=1S/C17H21NO2/c1-3-15(16-7-5-6-12-18-16)17(20,4-2)13-8-10-14(19)11-9-13/h5-12,15,19-20H,3-4H2,1-2H3/t15-,17+/m1/s1. The lowest BCUT2D eigenvalue weighted by Crippen LogP contribution is -2.33. The molecular formula is C17H21NO2. The lowest BCUT2D eigenvalue weighted by atomic mass is 9.76. The topological polar surface area (TPSA) is 53.4 Å². The minimum absolute atomic E-state index is 0.0711. The molecule has 0 spiro atoms. The van der Waals surface area contributed by atoms with Crippen LogP contribution in [-0.2, 0) is 5.60 Å². The Morgan fingerprint density at radius 2 is 1.80 bits per heavy atom. The van der Waals surface area contributed by atoms with Crippen molar-refractivity contribution in [1.29, 1.82) is 0 Å². The zero-order valence-electron chi connectivity index (χ0n) is 12.0. The quantitative estimate of drug-likeness (QED) is 0.874. The van der Waals surface area contributed by atoms with Gasteiger partial charge in [-0.25, -0.2) is 0 Å². The summed E-state index contributed by atoms with van der Waals surface area (Å²) in [6.45, 7) is 4.03. The van der Waals surface area contributed by atoms with Crippen LogP contribution in [0.5, 0.6) is 5.75 Å². The van der Waals surface area contributed by atoms with E-state index in [0.29, 0.717) is 6.42 Å². The Hall–Kier alpha value is -1.87. The zero-order chi connectivity index (χ0) is 14.6. The molecule has 0 saturated heterocycles. The third-order valence-corrected chi connectivity index (χ3v) is 3.94. The van der Waals surface area contributed by atoms with E-state index in [1.165, 1.54) is 0 Å². The van der Waals surface area contributed by atoms with Gasteiger partial charge in [-0.15, -0.1) is 0 Å². The number of aliphatic hydroxyl groups is 1. The number of hydrogen-bond acceptors (Lipinski definition) is 3. The van der Waals surface area contributed by atoms with E-state index in [1.54, 1.807) is 30.5 Å². The summed E-state index contributed by atoms with van der Waals surface area (Å²) >= 11 is 0. The molecule has 2 aromatic rings. The van der Waals surface area contributed by atoms with E-state index in [0.717, 1.165) is 17.7 Å². The summed E-state index contributed by atoms with van der Waals surface area (Å²) in [4.78, 5) is 4.40. The van der Waals surface area contributed by atoms with E-state index in [-0.39, 0.29) is 11.7 Å². The van der Waals surface area contributed by atoms with Crippen molar-refractivity contribution in [2.45, 2.75) is 38.2 Å². The Morgan fingerprint density at radius 3 is 2.30 bits per heavy atom. The number of hydrogen-bond donors (Lipinski definition) is 2. The minimum atomic E-state index is -0.975. The first-order valence-electron chi connectivity index (χ1n) is 7.04. The van der Waals surface area contributed by atoms with Crippen molar-refractivity contribution < 1.29 is 10.2 Å². The van der Waals surface area contributed by atoms with Gasteiger partial charge in [-0.3, -0.25) is 4.98 Å². The first-order valence-corrected chi connectivity index (χ1v) is 7.04. The Bertz CT molecular complexity index is 539. The molecular weight excluding hydrogens is 250 g/mol. The lowest BCUT2D eigenvalue weighted by molar-refractivity contribution is 0.000165. The van der Waals surface area contributed by atoms with Crippen molar-refractivity contribution in [3.63, 3.8) is 0 Å². The highest BCUT2D eigenvalue weighted by molar-refractivity contribution is 5.33. The number of pyridine rings is 1. The Labute approximate surface area is 119 Å². The van der Waals surface area contributed by atoms with Gasteiger partial charge in [-0.2, -0.15) is 0 Å². The largest absolute Gasteiger partial charge is 0.508 e. The van der Waals surface area contributed by atoms with Crippen LogP contribution in [0.15, 0.2) is 48.7 Å². The molecule has 0 aliphatic heterocycles. The van der Waals surface area contributed by atoms with Gasteiger partial charge in [-0.1, -0.05) is 32.0 Å². The van der Waals surface area contributed by atoms with Crippen molar-refractivity contribution in [3.8, 4) is 5.75 Å². The highest BCUT2D eigenvalue weighted by atomic mass is 16.3. The van der Waals surface area contributed by atoms with Crippen molar-refractivity contribution >= 4 is 0 Å². The molecule has 0 unspecified atom stereocenters. The normalized spacial score (nSPS) is 15.6. The van der Waals surface area contributed by atoms with Gasteiger partial charge in [0.05, 0.1) is 5.60 Å². The van der Waals surface area contributed by atoms with E-state index < -0.39 is 5.60 Å². The van der Waals surface area contributed by atoms with E-state index in [2.05, 4.69) is 11.9 Å². The molecule has 1 heterocycles. The average Bonchev–Trinajstić information content (AvgIpc) is 2.49. The number of phenols is 1. The number of aromatic nitrogens is 1. The second-order valence-corrected chi connectivity index (χ2v) is 5.04. The summed E-state index contributed by atoms with van der Waals surface area (Å²) in [5.74, 6) is 0.135. The maximum atomic E-state index is 11.2. The van der Waals surface area contributed by atoms with Crippen LogP contribution < -0.4 is 0 Å². The van der Waals surface area contributed by atoms with Crippen LogP contribution in [-0.4, -0.2) is 15.2 Å². The Balaban J connectivity index is 2.45. The fourth-order valence-corrected chi connectivity index (χ4v) is 2.78. The molecule has 0 radical (unpaired) electrons. The molecule has 1 aromatic carbocycles. The van der Waals surface area contributed by atoms with Crippen LogP contribution in [0, 0.1) is 0 Å². The molecule has 0 aliphatic carbocycles. The van der Waals surface area contributed by atoms with Gasteiger partial charge in [0.1, 0.15) is 5.75 Å². The van der Waals surface area contributed by atoms with Gasteiger partial charge < -0.3 is 10.2 Å². The number of rotatable bonds is 5. The lowest BCUT2D eigenvalue weighted by Gasteiger charge is -2.35. The summed E-state index contributed by atoms with van der Waals surface area (Å²) in [5, 5.41) is 20.6. The van der Waals surface area contributed by atoms with Crippen molar-refractivity contribution in [2.24, 2.45) is 0 Å². The third kappa shape index (κ3) is 2.68.